The van der Waals surface area contributed by atoms with E-state index in [1.54, 1.807) is 6.20 Å². The smallest absolute Gasteiger partial charge is 0.407 e. The van der Waals surface area contributed by atoms with Crippen LogP contribution >= 0.6 is 0 Å². The SMILES string of the molecule is CC(C)(C)COC(=O)NC1(c2ccc(-c3nc4cccnn4c3-c3ccccc3)cc2)CCC1. The second-order valence-electron chi connectivity index (χ2n) is 10.2. The van der Waals surface area contributed by atoms with Crippen LogP contribution in [0.3, 0.4) is 0 Å². The molecule has 1 fully saturated rings. The summed E-state index contributed by atoms with van der Waals surface area (Å²) in [6.07, 6.45) is 4.32. The maximum absolute atomic E-state index is 12.5. The minimum atomic E-state index is -0.365. The molecular formula is C28H30N4O2. The summed E-state index contributed by atoms with van der Waals surface area (Å²) in [4.78, 5) is 17.4. The van der Waals surface area contributed by atoms with E-state index < -0.39 is 0 Å². The number of ether oxygens (including phenoxy) is 1. The first kappa shape index (κ1) is 22.1. The van der Waals surface area contributed by atoms with Gasteiger partial charge in [-0.25, -0.2) is 14.3 Å². The van der Waals surface area contributed by atoms with Gasteiger partial charge in [-0.3, -0.25) is 0 Å². The molecule has 1 amide bonds. The zero-order valence-corrected chi connectivity index (χ0v) is 19.9. The summed E-state index contributed by atoms with van der Waals surface area (Å²) in [5, 5.41) is 7.69. The molecule has 6 nitrogen and oxygen atoms in total. The van der Waals surface area contributed by atoms with Gasteiger partial charge in [-0.15, -0.1) is 0 Å². The number of rotatable bonds is 5. The maximum atomic E-state index is 12.5. The summed E-state index contributed by atoms with van der Waals surface area (Å²) in [6.45, 7) is 6.54. The van der Waals surface area contributed by atoms with Crippen LogP contribution in [0, 0.1) is 5.41 Å². The number of benzene rings is 2. The number of aromatic nitrogens is 3. The lowest BCUT2D eigenvalue weighted by Gasteiger charge is -2.42. The molecule has 2 aromatic carbocycles. The standard InChI is InChI=1S/C28H30N4O2/c1-27(2,3)19-34-26(33)31-28(16-8-17-28)22-14-12-20(13-15-22)24-25(21-9-5-4-6-10-21)32-23(30-24)11-7-18-29-32/h4-7,9-15,18H,8,16-17,19H2,1-3H3,(H,31,33). The molecule has 1 aliphatic rings. The van der Waals surface area contributed by atoms with Crippen molar-refractivity contribution in [1.29, 1.82) is 0 Å². The molecule has 0 spiro atoms. The molecule has 0 atom stereocenters. The minimum absolute atomic E-state index is 0.0643. The number of hydrogen-bond donors (Lipinski definition) is 1. The van der Waals surface area contributed by atoms with Crippen molar-refractivity contribution in [2.75, 3.05) is 6.61 Å². The number of hydrogen-bond acceptors (Lipinski definition) is 4. The van der Waals surface area contributed by atoms with E-state index in [9.17, 15) is 4.79 Å². The molecule has 0 bridgehead atoms. The molecule has 4 aromatic rings. The third kappa shape index (κ3) is 4.28. The third-order valence-electron chi connectivity index (χ3n) is 6.34. The lowest BCUT2D eigenvalue weighted by Crippen LogP contribution is -2.51. The van der Waals surface area contributed by atoms with Crippen LogP contribution < -0.4 is 5.32 Å². The lowest BCUT2D eigenvalue weighted by molar-refractivity contribution is 0.0832. The molecule has 0 aliphatic heterocycles. The van der Waals surface area contributed by atoms with Gasteiger partial charge in [0.25, 0.3) is 0 Å². The Morgan fingerprint density at radius 3 is 2.38 bits per heavy atom. The molecule has 0 radical (unpaired) electrons. The number of nitrogens with one attached hydrogen (secondary N) is 1. The van der Waals surface area contributed by atoms with E-state index in [4.69, 9.17) is 9.72 Å². The van der Waals surface area contributed by atoms with Crippen molar-refractivity contribution in [2.24, 2.45) is 5.41 Å². The number of imidazole rings is 1. The van der Waals surface area contributed by atoms with Crippen molar-refractivity contribution >= 4 is 11.7 Å². The number of amides is 1. The number of carbonyl (C=O) groups excluding carboxylic acids is 1. The van der Waals surface area contributed by atoms with E-state index in [-0.39, 0.29) is 17.0 Å². The van der Waals surface area contributed by atoms with E-state index in [1.807, 2.05) is 34.8 Å². The van der Waals surface area contributed by atoms with Crippen LogP contribution in [-0.4, -0.2) is 27.3 Å². The molecule has 2 heterocycles. The number of fused-ring (bicyclic) bond motifs is 1. The monoisotopic (exact) mass is 454 g/mol. The van der Waals surface area contributed by atoms with Crippen LogP contribution in [0.5, 0.6) is 0 Å². The van der Waals surface area contributed by atoms with Crippen LogP contribution in [0.15, 0.2) is 72.9 Å². The number of alkyl carbamates (subject to hydrolysis) is 1. The fourth-order valence-corrected chi connectivity index (χ4v) is 4.42. The van der Waals surface area contributed by atoms with Crippen LogP contribution in [0.2, 0.25) is 0 Å². The van der Waals surface area contributed by atoms with Crippen molar-refractivity contribution in [2.45, 2.75) is 45.6 Å². The molecular weight excluding hydrogens is 424 g/mol. The highest BCUT2D eigenvalue weighted by Crippen LogP contribution is 2.42. The van der Waals surface area contributed by atoms with Gasteiger partial charge in [-0.1, -0.05) is 75.4 Å². The Labute approximate surface area is 200 Å². The van der Waals surface area contributed by atoms with Crippen LogP contribution in [0.1, 0.15) is 45.6 Å². The Kier molecular flexibility index (Phi) is 5.60. The molecule has 2 aromatic heterocycles. The van der Waals surface area contributed by atoms with Gasteiger partial charge in [0.2, 0.25) is 0 Å². The van der Waals surface area contributed by atoms with Crippen LogP contribution in [0.4, 0.5) is 4.79 Å². The Morgan fingerprint density at radius 1 is 1.00 bits per heavy atom. The van der Waals surface area contributed by atoms with E-state index in [0.717, 1.165) is 53.0 Å². The second kappa shape index (κ2) is 8.60. The zero-order chi connectivity index (χ0) is 23.8. The first-order chi connectivity index (χ1) is 16.3. The van der Waals surface area contributed by atoms with Crippen molar-refractivity contribution in [3.8, 4) is 22.5 Å². The van der Waals surface area contributed by atoms with E-state index in [2.05, 4.69) is 67.6 Å². The molecule has 0 unspecified atom stereocenters. The van der Waals surface area contributed by atoms with E-state index in [1.165, 1.54) is 0 Å². The second-order valence-corrected chi connectivity index (χ2v) is 10.2. The molecule has 5 rings (SSSR count). The first-order valence-electron chi connectivity index (χ1n) is 11.8. The maximum Gasteiger partial charge on any atom is 0.407 e. The van der Waals surface area contributed by atoms with Crippen molar-refractivity contribution in [3.63, 3.8) is 0 Å². The van der Waals surface area contributed by atoms with E-state index in [0.29, 0.717) is 6.61 Å². The van der Waals surface area contributed by atoms with Gasteiger partial charge in [-0.2, -0.15) is 5.10 Å². The Bertz CT molecular complexity index is 1300. The summed E-state index contributed by atoms with van der Waals surface area (Å²) in [5.74, 6) is 0. The van der Waals surface area contributed by atoms with Crippen molar-refractivity contribution < 1.29 is 9.53 Å². The Hall–Kier alpha value is -3.67. The molecule has 34 heavy (non-hydrogen) atoms. The average Bonchev–Trinajstić information content (AvgIpc) is 3.20. The van der Waals surface area contributed by atoms with Gasteiger partial charge in [-0.05, 0) is 42.4 Å². The summed E-state index contributed by atoms with van der Waals surface area (Å²) in [6, 6.07) is 22.4. The quantitative estimate of drug-likeness (QED) is 0.389. The predicted octanol–water partition coefficient (Wildman–Crippen LogP) is 6.21. The van der Waals surface area contributed by atoms with Gasteiger partial charge in [0.05, 0.1) is 17.8 Å². The van der Waals surface area contributed by atoms with Gasteiger partial charge < -0.3 is 10.1 Å². The van der Waals surface area contributed by atoms with Gasteiger partial charge >= 0.3 is 6.09 Å². The predicted molar refractivity (Wildman–Crippen MR) is 133 cm³/mol. The summed E-state index contributed by atoms with van der Waals surface area (Å²) >= 11 is 0. The normalized spacial score (nSPS) is 15.0. The number of nitrogens with zero attached hydrogens (tertiary/aromatic N) is 3. The lowest BCUT2D eigenvalue weighted by atomic mass is 9.71. The fourth-order valence-electron chi connectivity index (χ4n) is 4.42. The highest BCUT2D eigenvalue weighted by atomic mass is 16.5. The zero-order valence-electron chi connectivity index (χ0n) is 19.9. The van der Waals surface area contributed by atoms with Crippen molar-refractivity contribution in [3.05, 3.63) is 78.5 Å². The molecule has 1 aliphatic carbocycles. The first-order valence-corrected chi connectivity index (χ1v) is 11.8. The Balaban J connectivity index is 1.45. The summed E-state index contributed by atoms with van der Waals surface area (Å²) in [5.41, 5.74) is 5.39. The minimum Gasteiger partial charge on any atom is -0.449 e. The summed E-state index contributed by atoms with van der Waals surface area (Å²) < 4.78 is 7.37. The summed E-state index contributed by atoms with van der Waals surface area (Å²) in [7, 11) is 0. The largest absolute Gasteiger partial charge is 0.449 e. The molecule has 174 valence electrons. The average molecular weight is 455 g/mol. The molecule has 0 saturated heterocycles. The Morgan fingerprint density at radius 2 is 1.74 bits per heavy atom. The fraction of sp³-hybridized carbons (Fsp3) is 0.321. The number of carbonyl (C=O) groups is 1. The van der Waals surface area contributed by atoms with E-state index >= 15 is 0 Å². The molecule has 1 saturated carbocycles. The topological polar surface area (TPSA) is 68.5 Å². The highest BCUT2D eigenvalue weighted by Gasteiger charge is 2.40. The van der Waals surface area contributed by atoms with Gasteiger partial charge in [0, 0.05) is 17.3 Å². The van der Waals surface area contributed by atoms with Gasteiger partial charge in [0.15, 0.2) is 5.65 Å². The molecule has 1 N–H and O–H groups in total. The molecule has 6 heteroatoms. The highest BCUT2D eigenvalue weighted by molar-refractivity contribution is 5.81. The van der Waals surface area contributed by atoms with Crippen LogP contribution in [0.25, 0.3) is 28.2 Å². The van der Waals surface area contributed by atoms with Crippen molar-refractivity contribution in [1.82, 2.24) is 19.9 Å². The van der Waals surface area contributed by atoms with Crippen LogP contribution in [-0.2, 0) is 10.3 Å². The van der Waals surface area contributed by atoms with Gasteiger partial charge in [0.1, 0.15) is 5.69 Å². The third-order valence-corrected chi connectivity index (χ3v) is 6.34.